The van der Waals surface area contributed by atoms with E-state index in [1.165, 1.54) is 16.8 Å². The van der Waals surface area contributed by atoms with Crippen molar-refractivity contribution >= 4 is 0 Å². The molecule has 16 heavy (non-hydrogen) atoms. The van der Waals surface area contributed by atoms with Gasteiger partial charge in [0.05, 0.1) is 0 Å². The minimum absolute atomic E-state index is 0.598. The van der Waals surface area contributed by atoms with E-state index in [9.17, 15) is 0 Å². The van der Waals surface area contributed by atoms with Crippen molar-refractivity contribution in [3.63, 3.8) is 0 Å². The quantitative estimate of drug-likeness (QED) is 0.702. The fourth-order valence-corrected chi connectivity index (χ4v) is 2.75. The van der Waals surface area contributed by atoms with Gasteiger partial charge in [0.1, 0.15) is 0 Å². The second-order valence-electron chi connectivity index (χ2n) is 4.78. The minimum atomic E-state index is 0.598. The van der Waals surface area contributed by atoms with Crippen molar-refractivity contribution in [1.82, 2.24) is 5.32 Å². The van der Waals surface area contributed by atoms with Crippen LogP contribution in [0.3, 0.4) is 0 Å². The lowest BCUT2D eigenvalue weighted by atomic mass is 9.87. The first kappa shape index (κ1) is 9.71. The SMILES string of the molecule is CC1=CCC2=C(C1)NCC2c1ccccc1. The molecule has 1 N–H and O–H groups in total. The van der Waals surface area contributed by atoms with Gasteiger partial charge in [-0.2, -0.15) is 0 Å². The third-order valence-corrected chi connectivity index (χ3v) is 3.66. The molecule has 2 aliphatic rings. The summed E-state index contributed by atoms with van der Waals surface area (Å²) in [5.74, 6) is 0.598. The summed E-state index contributed by atoms with van der Waals surface area (Å²) in [5, 5.41) is 3.58. The number of allylic oxidation sites excluding steroid dienone is 2. The van der Waals surface area contributed by atoms with E-state index >= 15 is 0 Å². The lowest BCUT2D eigenvalue weighted by Gasteiger charge is -2.17. The standard InChI is InChI=1S/C15H17N/c1-11-7-8-13-14(10-16-15(13)9-11)12-5-3-2-4-6-12/h2-7,14,16H,8-10H2,1H3. The molecule has 1 unspecified atom stereocenters. The molecule has 0 amide bonds. The largest absolute Gasteiger partial charge is 0.387 e. The Morgan fingerprint density at radius 1 is 1.19 bits per heavy atom. The van der Waals surface area contributed by atoms with Gasteiger partial charge in [-0.25, -0.2) is 0 Å². The first-order valence-corrected chi connectivity index (χ1v) is 6.01. The van der Waals surface area contributed by atoms with Crippen molar-refractivity contribution in [3.8, 4) is 0 Å². The molecule has 0 spiro atoms. The van der Waals surface area contributed by atoms with E-state index < -0.39 is 0 Å². The summed E-state index contributed by atoms with van der Waals surface area (Å²) in [4.78, 5) is 0. The number of hydrogen-bond acceptors (Lipinski definition) is 1. The van der Waals surface area contributed by atoms with E-state index in [2.05, 4.69) is 48.6 Å². The predicted molar refractivity (Wildman–Crippen MR) is 67.2 cm³/mol. The van der Waals surface area contributed by atoms with Crippen LogP contribution in [0, 0.1) is 0 Å². The van der Waals surface area contributed by atoms with Gasteiger partial charge in [0.15, 0.2) is 0 Å². The van der Waals surface area contributed by atoms with Crippen LogP contribution < -0.4 is 5.32 Å². The Balaban J connectivity index is 1.91. The van der Waals surface area contributed by atoms with Crippen LogP contribution in [-0.4, -0.2) is 6.54 Å². The predicted octanol–water partition coefficient (Wildman–Crippen LogP) is 3.37. The number of rotatable bonds is 1. The summed E-state index contributed by atoms with van der Waals surface area (Å²) in [7, 11) is 0. The molecule has 1 nitrogen and oxygen atoms in total. The molecule has 0 radical (unpaired) electrons. The molecule has 1 heteroatoms. The Bertz CT molecular complexity index is 454. The second-order valence-corrected chi connectivity index (χ2v) is 4.78. The monoisotopic (exact) mass is 211 g/mol. The molecule has 3 rings (SSSR count). The van der Waals surface area contributed by atoms with E-state index in [1.54, 1.807) is 5.57 Å². The molecule has 1 heterocycles. The zero-order valence-corrected chi connectivity index (χ0v) is 9.66. The van der Waals surface area contributed by atoms with E-state index in [0.717, 1.165) is 19.4 Å². The van der Waals surface area contributed by atoms with Crippen LogP contribution in [0.25, 0.3) is 0 Å². The number of nitrogens with one attached hydrogen (secondary N) is 1. The van der Waals surface area contributed by atoms with Crippen molar-refractivity contribution in [2.75, 3.05) is 6.54 Å². The zero-order chi connectivity index (χ0) is 11.0. The third kappa shape index (κ3) is 1.57. The fourth-order valence-electron chi connectivity index (χ4n) is 2.75. The molecule has 1 aliphatic heterocycles. The molecule has 0 aromatic heterocycles. The fraction of sp³-hybridized carbons (Fsp3) is 0.333. The van der Waals surface area contributed by atoms with Gasteiger partial charge in [-0.3, -0.25) is 0 Å². The Morgan fingerprint density at radius 3 is 2.81 bits per heavy atom. The van der Waals surface area contributed by atoms with E-state index in [4.69, 9.17) is 0 Å². The summed E-state index contributed by atoms with van der Waals surface area (Å²) in [6.45, 7) is 3.30. The number of hydrogen-bond donors (Lipinski definition) is 1. The van der Waals surface area contributed by atoms with Crippen LogP contribution >= 0.6 is 0 Å². The molecule has 0 fully saturated rings. The molecule has 0 saturated carbocycles. The maximum absolute atomic E-state index is 3.58. The maximum atomic E-state index is 3.58. The zero-order valence-electron chi connectivity index (χ0n) is 9.66. The van der Waals surface area contributed by atoms with E-state index in [1.807, 2.05) is 0 Å². The van der Waals surface area contributed by atoms with Crippen molar-refractivity contribution in [3.05, 3.63) is 58.8 Å². The highest BCUT2D eigenvalue weighted by atomic mass is 14.9. The lowest BCUT2D eigenvalue weighted by Crippen LogP contribution is -2.11. The lowest BCUT2D eigenvalue weighted by molar-refractivity contribution is 0.771. The number of benzene rings is 1. The van der Waals surface area contributed by atoms with Crippen LogP contribution in [0.1, 0.15) is 31.2 Å². The molecule has 82 valence electrons. The summed E-state index contributed by atoms with van der Waals surface area (Å²) in [6.07, 6.45) is 4.63. The summed E-state index contributed by atoms with van der Waals surface area (Å²) < 4.78 is 0. The first-order valence-electron chi connectivity index (χ1n) is 6.01. The average molecular weight is 211 g/mol. The van der Waals surface area contributed by atoms with Crippen molar-refractivity contribution < 1.29 is 0 Å². The van der Waals surface area contributed by atoms with E-state index in [-0.39, 0.29) is 0 Å². The smallest absolute Gasteiger partial charge is 0.0251 e. The van der Waals surface area contributed by atoms with Crippen LogP contribution in [0.15, 0.2) is 53.3 Å². The maximum Gasteiger partial charge on any atom is 0.0251 e. The molecule has 0 saturated heterocycles. The van der Waals surface area contributed by atoms with Crippen LogP contribution in [0.5, 0.6) is 0 Å². The molecule has 1 aromatic rings. The topological polar surface area (TPSA) is 12.0 Å². The van der Waals surface area contributed by atoms with Gasteiger partial charge in [0.25, 0.3) is 0 Å². The highest BCUT2D eigenvalue weighted by Crippen LogP contribution is 2.37. The molecule has 1 aliphatic carbocycles. The second kappa shape index (κ2) is 3.82. The Hall–Kier alpha value is -1.50. The van der Waals surface area contributed by atoms with Gasteiger partial charge in [-0.05, 0) is 24.5 Å². The molecule has 1 atom stereocenters. The van der Waals surface area contributed by atoms with Gasteiger partial charge in [-0.15, -0.1) is 0 Å². The summed E-state index contributed by atoms with van der Waals surface area (Å²) in [5.41, 5.74) is 6.04. The molecule has 1 aromatic carbocycles. The van der Waals surface area contributed by atoms with Crippen LogP contribution in [0.4, 0.5) is 0 Å². The van der Waals surface area contributed by atoms with Crippen molar-refractivity contribution in [2.24, 2.45) is 0 Å². The molecular weight excluding hydrogens is 194 g/mol. The van der Waals surface area contributed by atoms with Crippen LogP contribution in [0.2, 0.25) is 0 Å². The van der Waals surface area contributed by atoms with Gasteiger partial charge in [-0.1, -0.05) is 42.0 Å². The highest BCUT2D eigenvalue weighted by Gasteiger charge is 2.27. The Kier molecular flexibility index (Phi) is 2.32. The first-order chi connectivity index (χ1) is 7.84. The van der Waals surface area contributed by atoms with Gasteiger partial charge < -0.3 is 5.32 Å². The Morgan fingerprint density at radius 2 is 2.00 bits per heavy atom. The summed E-state index contributed by atoms with van der Waals surface area (Å²) in [6, 6.07) is 10.8. The Labute approximate surface area is 96.9 Å². The minimum Gasteiger partial charge on any atom is -0.387 e. The molecule has 0 bridgehead atoms. The van der Waals surface area contributed by atoms with E-state index in [0.29, 0.717) is 5.92 Å². The van der Waals surface area contributed by atoms with Crippen LogP contribution in [-0.2, 0) is 0 Å². The van der Waals surface area contributed by atoms with Gasteiger partial charge in [0, 0.05) is 24.6 Å². The molecular formula is C15H17N. The average Bonchev–Trinajstić information content (AvgIpc) is 2.73. The highest BCUT2D eigenvalue weighted by molar-refractivity contribution is 5.40. The van der Waals surface area contributed by atoms with Gasteiger partial charge >= 0.3 is 0 Å². The van der Waals surface area contributed by atoms with Crippen molar-refractivity contribution in [2.45, 2.75) is 25.7 Å². The normalized spacial score (nSPS) is 23.8. The third-order valence-electron chi connectivity index (χ3n) is 3.66. The van der Waals surface area contributed by atoms with Crippen molar-refractivity contribution in [1.29, 1.82) is 0 Å². The van der Waals surface area contributed by atoms with Gasteiger partial charge in [0.2, 0.25) is 0 Å². The summed E-state index contributed by atoms with van der Waals surface area (Å²) >= 11 is 0.